The molecular formula is C22H22BrO2P. The van der Waals surface area contributed by atoms with Crippen LogP contribution in [0.3, 0.4) is 0 Å². The van der Waals surface area contributed by atoms with E-state index >= 15 is 0 Å². The third kappa shape index (κ3) is 2.71. The first kappa shape index (κ1) is 18.8. The monoisotopic (exact) mass is 428 g/mol. The third-order valence-corrected chi connectivity index (χ3v) is 14.9. The summed E-state index contributed by atoms with van der Waals surface area (Å²) < 4.78 is 4.70. The Balaban J connectivity index is 2.50. The molecule has 4 heteroatoms. The van der Waals surface area contributed by atoms with Crippen molar-refractivity contribution in [3.05, 3.63) is 91.0 Å². The average molecular weight is 429 g/mol. The summed E-state index contributed by atoms with van der Waals surface area (Å²) in [7, 11) is 1.44. The number of hydrogen-bond donors (Lipinski definition) is 0. The Bertz CT molecular complexity index is 782. The van der Waals surface area contributed by atoms with Gasteiger partial charge in [0.15, 0.2) is 0 Å². The molecule has 3 rings (SSSR count). The fraction of sp³-hybridized carbons (Fsp3) is 0.136. The fourth-order valence-electron chi connectivity index (χ4n) is 3.64. The molecule has 0 aliphatic heterocycles. The summed E-state index contributed by atoms with van der Waals surface area (Å²) in [5, 5.41) is 3.43. The van der Waals surface area contributed by atoms with Crippen LogP contribution >= 0.6 is 22.5 Å². The number of ether oxygens (including phenoxy) is 1. The van der Waals surface area contributed by atoms with Crippen LogP contribution in [0.25, 0.3) is 0 Å². The molecule has 0 N–H and O–H groups in total. The van der Waals surface area contributed by atoms with Gasteiger partial charge in [0.1, 0.15) is 0 Å². The number of benzene rings is 3. The zero-order valence-electron chi connectivity index (χ0n) is 14.9. The van der Waals surface area contributed by atoms with Crippen molar-refractivity contribution in [2.75, 3.05) is 13.8 Å². The second kappa shape index (κ2) is 7.34. The van der Waals surface area contributed by atoms with Crippen molar-refractivity contribution in [2.45, 2.75) is 4.57 Å². The summed E-state index contributed by atoms with van der Waals surface area (Å²) in [5.74, 6) is -0.262. The van der Waals surface area contributed by atoms with Crippen LogP contribution < -0.4 is 15.9 Å². The molecule has 0 heterocycles. The average Bonchev–Trinajstić information content (AvgIpc) is 2.74. The molecule has 0 saturated heterocycles. The number of halogens is 1. The molecule has 0 aromatic heterocycles. The van der Waals surface area contributed by atoms with Gasteiger partial charge in [0.05, 0.1) is 0 Å². The zero-order valence-corrected chi connectivity index (χ0v) is 17.4. The predicted molar refractivity (Wildman–Crippen MR) is 116 cm³/mol. The van der Waals surface area contributed by atoms with Gasteiger partial charge in [0.2, 0.25) is 0 Å². The number of methoxy groups -OCH3 is 1. The van der Waals surface area contributed by atoms with E-state index in [1.54, 1.807) is 0 Å². The topological polar surface area (TPSA) is 26.3 Å². The predicted octanol–water partition coefficient (Wildman–Crippen LogP) is 4.04. The van der Waals surface area contributed by atoms with Gasteiger partial charge in [-0.25, -0.2) is 0 Å². The maximum atomic E-state index is 12.8. The molecule has 26 heavy (non-hydrogen) atoms. The van der Waals surface area contributed by atoms with E-state index in [-0.39, 0.29) is 5.97 Å². The van der Waals surface area contributed by atoms with Gasteiger partial charge in [-0.3, -0.25) is 0 Å². The minimum absolute atomic E-state index is 0.262. The summed E-state index contributed by atoms with van der Waals surface area (Å²) in [6.45, 7) is -0.947. The van der Waals surface area contributed by atoms with Gasteiger partial charge in [-0.15, -0.1) is 0 Å². The van der Waals surface area contributed by atoms with E-state index in [2.05, 4.69) is 59.0 Å². The van der Waals surface area contributed by atoms with Crippen LogP contribution in [0.2, 0.25) is 0 Å². The Morgan fingerprint density at radius 3 is 1.35 bits per heavy atom. The molecule has 0 bridgehead atoms. The quantitative estimate of drug-likeness (QED) is 0.348. The van der Waals surface area contributed by atoms with Crippen LogP contribution in [-0.4, -0.2) is 24.3 Å². The van der Waals surface area contributed by atoms with E-state index in [1.165, 1.54) is 7.11 Å². The van der Waals surface area contributed by atoms with Crippen LogP contribution in [0.4, 0.5) is 0 Å². The maximum absolute atomic E-state index is 12.8. The number of esters is 1. The number of carbonyl (C=O) groups is 1. The van der Waals surface area contributed by atoms with Crippen LogP contribution in [0.15, 0.2) is 91.0 Å². The summed E-state index contributed by atoms with van der Waals surface area (Å²) >= 11 is 3.78. The van der Waals surface area contributed by atoms with E-state index in [0.29, 0.717) is 0 Å². The molecule has 0 aliphatic carbocycles. The van der Waals surface area contributed by atoms with Crippen molar-refractivity contribution >= 4 is 44.4 Å². The van der Waals surface area contributed by atoms with E-state index in [0.717, 1.165) is 15.9 Å². The number of hydrogen-bond acceptors (Lipinski definition) is 2. The van der Waals surface area contributed by atoms with Gasteiger partial charge in [0.25, 0.3) is 0 Å². The number of carbonyl (C=O) groups excluding carboxylic acids is 1. The Morgan fingerprint density at radius 1 is 0.769 bits per heavy atom. The van der Waals surface area contributed by atoms with Crippen molar-refractivity contribution in [3.8, 4) is 0 Å². The molecule has 0 amide bonds. The molecule has 0 fully saturated rings. The van der Waals surface area contributed by atoms with Crippen LogP contribution in [-0.2, 0) is 9.53 Å². The van der Waals surface area contributed by atoms with Crippen LogP contribution in [0, 0.1) is 0 Å². The third-order valence-electron chi connectivity index (χ3n) is 5.23. The van der Waals surface area contributed by atoms with Crippen LogP contribution in [0.5, 0.6) is 0 Å². The summed E-state index contributed by atoms with van der Waals surface area (Å²) in [4.78, 5) is 12.8. The van der Waals surface area contributed by atoms with Crippen molar-refractivity contribution in [2.24, 2.45) is 0 Å². The van der Waals surface area contributed by atoms with Crippen molar-refractivity contribution in [1.29, 1.82) is 0 Å². The van der Waals surface area contributed by atoms with Crippen molar-refractivity contribution in [1.82, 2.24) is 0 Å². The van der Waals surface area contributed by atoms with Gasteiger partial charge in [-0.05, 0) is 0 Å². The molecule has 0 radical (unpaired) electrons. The first-order chi connectivity index (χ1) is 12.5. The van der Waals surface area contributed by atoms with E-state index in [4.69, 9.17) is 4.74 Å². The second-order valence-electron chi connectivity index (χ2n) is 6.52. The molecule has 2 nitrogen and oxygen atoms in total. The molecule has 134 valence electrons. The molecule has 0 spiro atoms. The Morgan fingerprint density at radius 2 is 1.08 bits per heavy atom. The molecule has 3 aromatic carbocycles. The normalized spacial score (nSPS) is 14.0. The van der Waals surface area contributed by atoms with Gasteiger partial charge in [0, 0.05) is 0 Å². The molecule has 3 aromatic rings. The van der Waals surface area contributed by atoms with Gasteiger partial charge in [-0.1, -0.05) is 0 Å². The first-order valence-electron chi connectivity index (χ1n) is 8.43. The Labute approximate surface area is 163 Å². The first-order valence-corrected chi connectivity index (χ1v) is 12.1. The Kier molecular flexibility index (Phi) is 5.32. The van der Waals surface area contributed by atoms with Crippen molar-refractivity contribution < 1.29 is 9.53 Å². The second-order valence-corrected chi connectivity index (χ2v) is 13.5. The molecule has 1 atom stereocenters. The van der Waals surface area contributed by atoms with Crippen LogP contribution in [0.1, 0.15) is 0 Å². The van der Waals surface area contributed by atoms with Gasteiger partial charge in [-0.2, -0.15) is 0 Å². The zero-order chi connectivity index (χ0) is 18.6. The van der Waals surface area contributed by atoms with Gasteiger partial charge < -0.3 is 0 Å². The van der Waals surface area contributed by atoms with E-state index < -0.39 is 11.2 Å². The number of alkyl halides is 1. The summed E-state index contributed by atoms with van der Waals surface area (Å²) in [6, 6.07) is 30.9. The number of rotatable bonds is 5. The standard InChI is InChI=1S/C22H22BrO2P/c1-25-22(24)21(23)26(2,18-12-6-3-7-13-18,19-14-8-4-9-15-19)20-16-10-5-11-17-20/h3-17,21H,1-2H3. The minimum atomic E-state index is -3.19. The summed E-state index contributed by atoms with van der Waals surface area (Å²) in [5.41, 5.74) is 0. The SMILES string of the molecule is COC(=O)C(Br)P(C)(c1ccccc1)(c1ccccc1)c1ccccc1. The van der Waals surface area contributed by atoms with E-state index in [9.17, 15) is 4.79 Å². The Hall–Kier alpha value is -1.96. The van der Waals surface area contributed by atoms with Crippen molar-refractivity contribution in [3.63, 3.8) is 0 Å². The molecular weight excluding hydrogens is 407 g/mol. The molecule has 0 saturated carbocycles. The fourth-order valence-corrected chi connectivity index (χ4v) is 11.1. The molecule has 1 unspecified atom stereocenters. The molecule has 0 aliphatic rings. The van der Waals surface area contributed by atoms with Gasteiger partial charge >= 0.3 is 163 Å². The summed E-state index contributed by atoms with van der Waals surface area (Å²) in [6.07, 6.45) is 0. The van der Waals surface area contributed by atoms with E-state index in [1.807, 2.05) is 54.6 Å².